The topological polar surface area (TPSA) is 21.3 Å². The number of rotatable bonds is 6. The van der Waals surface area contributed by atoms with Gasteiger partial charge in [0.2, 0.25) is 0 Å². The monoisotopic (exact) mass is 259 g/mol. The molecule has 2 fully saturated rings. The zero-order chi connectivity index (χ0) is 13.2. The molecule has 0 saturated heterocycles. The molecule has 2 nitrogen and oxygen atoms in total. The van der Waals surface area contributed by atoms with Crippen LogP contribution in [0.1, 0.15) is 44.2 Å². The normalized spacial score (nSPS) is 29.9. The average molecular weight is 259 g/mol. The van der Waals surface area contributed by atoms with E-state index in [-0.39, 0.29) is 0 Å². The number of para-hydroxylation sites is 1. The van der Waals surface area contributed by atoms with E-state index in [1.54, 1.807) is 7.11 Å². The van der Waals surface area contributed by atoms with Crippen molar-refractivity contribution >= 4 is 0 Å². The van der Waals surface area contributed by atoms with Crippen LogP contribution in [0, 0.1) is 17.8 Å². The van der Waals surface area contributed by atoms with Crippen molar-refractivity contribution < 1.29 is 4.74 Å². The van der Waals surface area contributed by atoms with Crippen LogP contribution in [-0.4, -0.2) is 13.7 Å². The van der Waals surface area contributed by atoms with Crippen LogP contribution >= 0.6 is 0 Å². The van der Waals surface area contributed by atoms with Gasteiger partial charge in [-0.3, -0.25) is 0 Å². The summed E-state index contributed by atoms with van der Waals surface area (Å²) in [6.45, 7) is 3.33. The third-order valence-electron chi connectivity index (χ3n) is 4.84. The number of nitrogens with one attached hydrogen (secondary N) is 1. The zero-order valence-electron chi connectivity index (χ0n) is 12.1. The minimum Gasteiger partial charge on any atom is -0.496 e. The summed E-state index contributed by atoms with van der Waals surface area (Å²) >= 11 is 0. The van der Waals surface area contributed by atoms with Gasteiger partial charge >= 0.3 is 0 Å². The summed E-state index contributed by atoms with van der Waals surface area (Å²) in [6.07, 6.45) is 5.49. The van der Waals surface area contributed by atoms with Crippen molar-refractivity contribution in [1.29, 1.82) is 0 Å². The van der Waals surface area contributed by atoms with E-state index in [2.05, 4.69) is 36.5 Å². The van der Waals surface area contributed by atoms with Gasteiger partial charge in [0.1, 0.15) is 5.75 Å². The van der Waals surface area contributed by atoms with Crippen molar-refractivity contribution in [2.45, 2.75) is 38.6 Å². The lowest BCUT2D eigenvalue weighted by atomic mass is 9.88. The molecule has 104 valence electrons. The Labute approximate surface area is 116 Å². The van der Waals surface area contributed by atoms with Crippen LogP contribution in [0.3, 0.4) is 0 Å². The van der Waals surface area contributed by atoms with Gasteiger partial charge < -0.3 is 10.1 Å². The number of fused-ring (bicyclic) bond motifs is 1. The Morgan fingerprint density at radius 3 is 2.63 bits per heavy atom. The average Bonchev–Trinajstić information content (AvgIpc) is 3.06. The molecule has 1 N–H and O–H groups in total. The van der Waals surface area contributed by atoms with E-state index < -0.39 is 0 Å². The number of hydrogen-bond donors (Lipinski definition) is 1. The van der Waals surface area contributed by atoms with E-state index in [1.165, 1.54) is 31.2 Å². The van der Waals surface area contributed by atoms with E-state index in [4.69, 9.17) is 4.74 Å². The minimum absolute atomic E-state index is 0.476. The Bertz CT molecular complexity index is 421. The SMILES string of the molecule is CCCNC(c1ccccc1OC)C1CC2CC2C1. The zero-order valence-corrected chi connectivity index (χ0v) is 12.1. The highest BCUT2D eigenvalue weighted by atomic mass is 16.5. The molecule has 1 aromatic rings. The van der Waals surface area contributed by atoms with Crippen molar-refractivity contribution in [3.05, 3.63) is 29.8 Å². The van der Waals surface area contributed by atoms with Crippen LogP contribution in [0.15, 0.2) is 24.3 Å². The molecule has 0 aliphatic heterocycles. The first kappa shape index (κ1) is 13.0. The Morgan fingerprint density at radius 2 is 1.95 bits per heavy atom. The molecule has 3 unspecified atom stereocenters. The van der Waals surface area contributed by atoms with Crippen LogP contribution < -0.4 is 10.1 Å². The Kier molecular flexibility index (Phi) is 3.79. The van der Waals surface area contributed by atoms with E-state index in [0.717, 1.165) is 30.0 Å². The van der Waals surface area contributed by atoms with E-state index in [9.17, 15) is 0 Å². The van der Waals surface area contributed by atoms with Crippen molar-refractivity contribution in [3.8, 4) is 5.75 Å². The molecular formula is C17H25NO. The third kappa shape index (κ3) is 2.64. The molecule has 0 radical (unpaired) electrons. The van der Waals surface area contributed by atoms with Gasteiger partial charge in [-0.25, -0.2) is 0 Å². The second kappa shape index (κ2) is 5.54. The predicted molar refractivity (Wildman–Crippen MR) is 78.3 cm³/mol. The van der Waals surface area contributed by atoms with Crippen molar-refractivity contribution in [2.24, 2.45) is 17.8 Å². The maximum atomic E-state index is 5.56. The van der Waals surface area contributed by atoms with Gasteiger partial charge in [0.25, 0.3) is 0 Å². The molecule has 0 heterocycles. The second-order valence-electron chi connectivity index (χ2n) is 6.16. The number of benzene rings is 1. The lowest BCUT2D eigenvalue weighted by Crippen LogP contribution is -2.29. The van der Waals surface area contributed by atoms with E-state index >= 15 is 0 Å². The van der Waals surface area contributed by atoms with Gasteiger partial charge in [-0.2, -0.15) is 0 Å². The fourth-order valence-corrected chi connectivity index (χ4v) is 3.79. The molecule has 2 aliphatic carbocycles. The lowest BCUT2D eigenvalue weighted by molar-refractivity contribution is 0.326. The van der Waals surface area contributed by atoms with Gasteiger partial charge in [-0.1, -0.05) is 25.1 Å². The lowest BCUT2D eigenvalue weighted by Gasteiger charge is -2.27. The highest BCUT2D eigenvalue weighted by Gasteiger charge is 2.48. The largest absolute Gasteiger partial charge is 0.496 e. The number of methoxy groups -OCH3 is 1. The standard InChI is InChI=1S/C17H25NO/c1-3-8-18-17(14-10-12-9-13(12)11-14)15-6-4-5-7-16(15)19-2/h4-7,12-14,17-18H,3,8-11H2,1-2H3. The minimum atomic E-state index is 0.476. The van der Waals surface area contributed by atoms with Crippen LogP contribution in [0.2, 0.25) is 0 Å². The summed E-state index contributed by atoms with van der Waals surface area (Å²) < 4.78 is 5.56. The number of hydrogen-bond acceptors (Lipinski definition) is 2. The molecule has 2 aliphatic rings. The first-order valence-corrected chi connectivity index (χ1v) is 7.69. The summed E-state index contributed by atoms with van der Waals surface area (Å²) in [6, 6.07) is 8.99. The Morgan fingerprint density at radius 1 is 1.21 bits per heavy atom. The van der Waals surface area contributed by atoms with Gasteiger partial charge in [-0.15, -0.1) is 0 Å². The van der Waals surface area contributed by atoms with Gasteiger partial charge in [-0.05, 0) is 56.0 Å². The van der Waals surface area contributed by atoms with Crippen LogP contribution in [0.4, 0.5) is 0 Å². The first-order chi connectivity index (χ1) is 9.33. The summed E-state index contributed by atoms with van der Waals surface area (Å²) in [4.78, 5) is 0. The fourth-order valence-electron chi connectivity index (χ4n) is 3.79. The second-order valence-corrected chi connectivity index (χ2v) is 6.16. The molecule has 2 saturated carbocycles. The molecule has 3 rings (SSSR count). The fraction of sp³-hybridized carbons (Fsp3) is 0.647. The summed E-state index contributed by atoms with van der Waals surface area (Å²) in [5, 5.41) is 3.76. The molecule has 19 heavy (non-hydrogen) atoms. The summed E-state index contributed by atoms with van der Waals surface area (Å²) in [7, 11) is 1.78. The maximum Gasteiger partial charge on any atom is 0.123 e. The van der Waals surface area contributed by atoms with Crippen LogP contribution in [0.25, 0.3) is 0 Å². The van der Waals surface area contributed by atoms with E-state index in [1.807, 2.05) is 0 Å². The Balaban J connectivity index is 1.80. The summed E-state index contributed by atoms with van der Waals surface area (Å²) in [5.74, 6) is 3.90. The highest BCUT2D eigenvalue weighted by molar-refractivity contribution is 5.36. The maximum absolute atomic E-state index is 5.56. The Hall–Kier alpha value is -1.02. The van der Waals surface area contributed by atoms with Crippen LogP contribution in [-0.2, 0) is 0 Å². The number of ether oxygens (including phenoxy) is 1. The van der Waals surface area contributed by atoms with E-state index in [0.29, 0.717) is 6.04 Å². The third-order valence-corrected chi connectivity index (χ3v) is 4.84. The molecule has 1 aromatic carbocycles. The highest BCUT2D eigenvalue weighted by Crippen LogP contribution is 2.57. The first-order valence-electron chi connectivity index (χ1n) is 7.69. The smallest absolute Gasteiger partial charge is 0.123 e. The van der Waals surface area contributed by atoms with Gasteiger partial charge in [0.05, 0.1) is 7.11 Å². The summed E-state index contributed by atoms with van der Waals surface area (Å²) in [5.41, 5.74) is 1.35. The van der Waals surface area contributed by atoms with Crippen molar-refractivity contribution in [3.63, 3.8) is 0 Å². The molecule has 3 atom stereocenters. The van der Waals surface area contributed by atoms with Crippen LogP contribution in [0.5, 0.6) is 5.75 Å². The molecule has 0 aromatic heterocycles. The molecular weight excluding hydrogens is 234 g/mol. The quantitative estimate of drug-likeness (QED) is 0.839. The predicted octanol–water partition coefficient (Wildman–Crippen LogP) is 3.78. The van der Waals surface area contributed by atoms with Gasteiger partial charge in [0, 0.05) is 11.6 Å². The molecule has 0 bridgehead atoms. The van der Waals surface area contributed by atoms with Crippen molar-refractivity contribution in [2.75, 3.05) is 13.7 Å². The molecule has 0 spiro atoms. The van der Waals surface area contributed by atoms with Crippen molar-refractivity contribution in [1.82, 2.24) is 5.32 Å². The molecule has 0 amide bonds. The van der Waals surface area contributed by atoms with Gasteiger partial charge in [0.15, 0.2) is 0 Å². The molecule has 2 heteroatoms.